The largest absolute Gasteiger partial charge is 0.395 e. The lowest BCUT2D eigenvalue weighted by atomic mass is 10.2. The minimum absolute atomic E-state index is 0.0248. The average molecular weight is 390 g/mol. The van der Waals surface area contributed by atoms with Gasteiger partial charge in [-0.3, -0.25) is 4.79 Å². The molecule has 1 aliphatic heterocycles. The van der Waals surface area contributed by atoms with Crippen molar-refractivity contribution in [2.45, 2.75) is 30.8 Å². The molecule has 0 aromatic heterocycles. The third-order valence-electron chi connectivity index (χ3n) is 4.01. The maximum Gasteiger partial charge on any atom is 0.243 e. The smallest absolute Gasteiger partial charge is 0.243 e. The summed E-state index contributed by atoms with van der Waals surface area (Å²) in [6.45, 7) is 1.13. The number of rotatable bonds is 7. The van der Waals surface area contributed by atoms with Crippen molar-refractivity contribution in [3.05, 3.63) is 29.8 Å². The zero-order valence-electron chi connectivity index (χ0n) is 13.9. The molecule has 0 radical (unpaired) electrons. The lowest BCUT2D eigenvalue weighted by molar-refractivity contribution is -0.119. The van der Waals surface area contributed by atoms with Gasteiger partial charge in [-0.2, -0.15) is 4.31 Å². The Morgan fingerprint density at radius 2 is 1.96 bits per heavy atom. The van der Waals surface area contributed by atoms with E-state index in [0.29, 0.717) is 0 Å². The Bertz CT molecular complexity index is 818. The molecule has 1 amide bonds. The zero-order chi connectivity index (χ0) is 18.7. The molecule has 8 nitrogen and oxygen atoms in total. The van der Waals surface area contributed by atoms with Crippen LogP contribution in [0.1, 0.15) is 18.9 Å². The minimum Gasteiger partial charge on any atom is -0.395 e. The Morgan fingerprint density at radius 1 is 1.32 bits per heavy atom. The lowest BCUT2D eigenvalue weighted by Gasteiger charge is -2.26. The zero-order valence-corrected chi connectivity index (χ0v) is 15.5. The first-order chi connectivity index (χ1) is 11.7. The maximum absolute atomic E-state index is 12.8. The van der Waals surface area contributed by atoms with Crippen LogP contribution in [0.2, 0.25) is 0 Å². The second-order valence-electron chi connectivity index (χ2n) is 5.95. The molecule has 1 aliphatic rings. The number of amides is 1. The van der Waals surface area contributed by atoms with Gasteiger partial charge in [0.05, 0.1) is 23.0 Å². The van der Waals surface area contributed by atoms with Gasteiger partial charge in [0.2, 0.25) is 15.9 Å². The molecule has 1 atom stereocenters. The number of aliphatic hydroxyl groups is 1. The van der Waals surface area contributed by atoms with E-state index in [1.807, 2.05) is 0 Å². The van der Waals surface area contributed by atoms with Crippen LogP contribution in [0.3, 0.4) is 0 Å². The van der Waals surface area contributed by atoms with Crippen molar-refractivity contribution in [3.8, 4) is 0 Å². The van der Waals surface area contributed by atoms with E-state index in [0.717, 1.165) is 9.87 Å². The highest BCUT2D eigenvalue weighted by Gasteiger charge is 2.38. The molecule has 0 unspecified atom stereocenters. The van der Waals surface area contributed by atoms with E-state index < -0.39 is 32.5 Å². The molecule has 0 saturated carbocycles. The van der Waals surface area contributed by atoms with E-state index >= 15 is 0 Å². The predicted molar refractivity (Wildman–Crippen MR) is 92.0 cm³/mol. The summed E-state index contributed by atoms with van der Waals surface area (Å²) < 4.78 is 50.1. The highest BCUT2D eigenvalue weighted by Crippen LogP contribution is 2.25. The number of sulfone groups is 1. The van der Waals surface area contributed by atoms with Gasteiger partial charge in [0, 0.05) is 26.1 Å². The van der Waals surface area contributed by atoms with Crippen molar-refractivity contribution >= 4 is 25.8 Å². The van der Waals surface area contributed by atoms with Crippen molar-refractivity contribution < 1.29 is 26.7 Å². The van der Waals surface area contributed by atoms with Gasteiger partial charge in [0.1, 0.15) is 0 Å². The van der Waals surface area contributed by atoms with Crippen LogP contribution in [0.25, 0.3) is 0 Å². The second kappa shape index (κ2) is 7.81. The van der Waals surface area contributed by atoms with Gasteiger partial charge in [0.25, 0.3) is 0 Å². The van der Waals surface area contributed by atoms with Crippen molar-refractivity contribution in [1.29, 1.82) is 0 Å². The van der Waals surface area contributed by atoms with Gasteiger partial charge in [-0.05, 0) is 24.1 Å². The molecule has 1 saturated heterocycles. The highest BCUT2D eigenvalue weighted by molar-refractivity contribution is 7.92. The normalized spacial score (nSPS) is 19.9. The number of hydrogen-bond donors (Lipinski definition) is 2. The van der Waals surface area contributed by atoms with Gasteiger partial charge in [-0.15, -0.1) is 0 Å². The summed E-state index contributed by atoms with van der Waals surface area (Å²) in [5.74, 6) is -0.467. The van der Waals surface area contributed by atoms with Crippen LogP contribution in [0.4, 0.5) is 0 Å². The van der Waals surface area contributed by atoms with Crippen molar-refractivity contribution in [2.75, 3.05) is 24.7 Å². The van der Waals surface area contributed by atoms with Crippen LogP contribution in [0, 0.1) is 0 Å². The van der Waals surface area contributed by atoms with Crippen LogP contribution in [0.5, 0.6) is 0 Å². The fourth-order valence-corrected chi connectivity index (χ4v) is 6.21. The van der Waals surface area contributed by atoms with Crippen molar-refractivity contribution in [1.82, 2.24) is 9.62 Å². The van der Waals surface area contributed by atoms with Crippen LogP contribution >= 0.6 is 0 Å². The number of carbonyl (C=O) groups is 1. The molecule has 0 aliphatic carbocycles. The van der Waals surface area contributed by atoms with E-state index in [4.69, 9.17) is 0 Å². The quantitative estimate of drug-likeness (QED) is 0.647. The molecule has 1 heterocycles. The van der Waals surface area contributed by atoms with Crippen LogP contribution in [-0.2, 0) is 31.2 Å². The summed E-state index contributed by atoms with van der Waals surface area (Å²) in [6.07, 6.45) is 0.224. The van der Waals surface area contributed by atoms with E-state index in [1.165, 1.54) is 19.1 Å². The molecule has 2 N–H and O–H groups in total. The molecule has 1 aromatic rings. The molecular weight excluding hydrogens is 368 g/mol. The third kappa shape index (κ3) is 5.00. The molecule has 0 bridgehead atoms. The molecule has 0 spiro atoms. The van der Waals surface area contributed by atoms with E-state index in [1.54, 1.807) is 12.1 Å². The highest BCUT2D eigenvalue weighted by atomic mass is 32.2. The first-order valence-corrected chi connectivity index (χ1v) is 11.1. The topological polar surface area (TPSA) is 121 Å². The monoisotopic (exact) mass is 390 g/mol. The van der Waals surface area contributed by atoms with Crippen LogP contribution < -0.4 is 5.32 Å². The van der Waals surface area contributed by atoms with Crippen LogP contribution in [-0.4, -0.2) is 62.9 Å². The number of nitrogens with one attached hydrogen (secondary N) is 1. The van der Waals surface area contributed by atoms with Crippen molar-refractivity contribution in [2.24, 2.45) is 0 Å². The molecule has 10 heteroatoms. The summed E-state index contributed by atoms with van der Waals surface area (Å²) >= 11 is 0. The molecule has 140 valence electrons. The van der Waals surface area contributed by atoms with Crippen LogP contribution in [0.15, 0.2) is 29.2 Å². The van der Waals surface area contributed by atoms with Gasteiger partial charge >= 0.3 is 0 Å². The number of aliphatic hydroxyl groups excluding tert-OH is 1. The van der Waals surface area contributed by atoms with E-state index in [2.05, 4.69) is 5.32 Å². The first-order valence-electron chi connectivity index (χ1n) is 7.82. The average Bonchev–Trinajstić information content (AvgIpc) is 2.90. The fraction of sp³-hybridized carbons (Fsp3) is 0.533. The van der Waals surface area contributed by atoms with Gasteiger partial charge in [0.15, 0.2) is 9.84 Å². The van der Waals surface area contributed by atoms with Gasteiger partial charge in [-0.1, -0.05) is 12.1 Å². The van der Waals surface area contributed by atoms with E-state index in [9.17, 15) is 26.7 Å². The number of hydrogen-bond acceptors (Lipinski definition) is 6. The molecule has 2 rings (SSSR count). The molecular formula is C15H22N2O6S2. The summed E-state index contributed by atoms with van der Waals surface area (Å²) in [7, 11) is -7.17. The Morgan fingerprint density at radius 3 is 2.44 bits per heavy atom. The molecule has 1 aromatic carbocycles. The number of sulfonamides is 1. The Balaban J connectivity index is 2.23. The standard InChI is InChI=1S/C15H22N2O6S2/c1-12(19)16-10-13-2-4-15(5-3-13)25(22,23)17(7-8-18)14-6-9-24(20,21)11-14/h2-5,14,18H,6-11H2,1H3,(H,16,19)/t14-/m0/s1. The SMILES string of the molecule is CC(=O)NCc1ccc(S(=O)(=O)N(CCO)[C@H]2CCS(=O)(=O)C2)cc1. The van der Waals surface area contributed by atoms with Crippen molar-refractivity contribution in [3.63, 3.8) is 0 Å². The summed E-state index contributed by atoms with van der Waals surface area (Å²) in [4.78, 5) is 10.9. The first kappa shape index (κ1) is 19.8. The Labute approximate surface area is 147 Å². The number of nitrogens with zero attached hydrogens (tertiary/aromatic N) is 1. The Kier molecular flexibility index (Phi) is 6.20. The fourth-order valence-electron chi connectivity index (χ4n) is 2.74. The minimum atomic E-state index is -3.92. The number of benzene rings is 1. The Hall–Kier alpha value is -1.49. The van der Waals surface area contributed by atoms with Gasteiger partial charge in [-0.25, -0.2) is 16.8 Å². The molecule has 25 heavy (non-hydrogen) atoms. The van der Waals surface area contributed by atoms with Gasteiger partial charge < -0.3 is 10.4 Å². The van der Waals surface area contributed by atoms with E-state index in [-0.39, 0.29) is 41.8 Å². The summed E-state index contributed by atoms with van der Waals surface area (Å²) in [5, 5.41) is 11.8. The summed E-state index contributed by atoms with van der Waals surface area (Å²) in [5.41, 5.74) is 0.742. The second-order valence-corrected chi connectivity index (χ2v) is 10.1. The molecule has 1 fully saturated rings. The summed E-state index contributed by atoms with van der Waals surface area (Å²) in [6, 6.07) is 5.35. The third-order valence-corrected chi connectivity index (χ3v) is 7.72. The number of carbonyl (C=O) groups excluding carboxylic acids is 1. The lowest BCUT2D eigenvalue weighted by Crippen LogP contribution is -2.42. The maximum atomic E-state index is 12.8. The predicted octanol–water partition coefficient (Wildman–Crippen LogP) is -0.507.